The number of hydrogen-bond acceptors (Lipinski definition) is 3. The molecule has 2 aromatic carbocycles. The number of hydrogen-bond donors (Lipinski definition) is 1. The molecule has 1 N–H and O–H groups in total. The molecule has 0 fully saturated rings. The summed E-state index contributed by atoms with van der Waals surface area (Å²) >= 11 is 7.51. The van der Waals surface area contributed by atoms with Crippen molar-refractivity contribution < 1.29 is 13.6 Å². The summed E-state index contributed by atoms with van der Waals surface area (Å²) in [7, 11) is 0. The van der Waals surface area contributed by atoms with Gasteiger partial charge in [-0.25, -0.2) is 0 Å². The van der Waals surface area contributed by atoms with Crippen LogP contribution in [0.4, 0.5) is 8.78 Å². The number of carbonyl (C=O) groups excluding carboxylic acids is 1. The van der Waals surface area contributed by atoms with Crippen LogP contribution in [0.25, 0.3) is 0 Å². The Morgan fingerprint density at radius 3 is 2.48 bits per heavy atom. The van der Waals surface area contributed by atoms with Gasteiger partial charge < -0.3 is 5.32 Å². The summed E-state index contributed by atoms with van der Waals surface area (Å²) in [6.07, 6.45) is 1.57. The minimum absolute atomic E-state index is 0.0896. The third-order valence-electron chi connectivity index (χ3n) is 4.87. The van der Waals surface area contributed by atoms with Crippen molar-refractivity contribution in [2.75, 3.05) is 6.54 Å². The summed E-state index contributed by atoms with van der Waals surface area (Å²) in [5.41, 5.74) is 3.17. The summed E-state index contributed by atoms with van der Waals surface area (Å²) in [6, 6.07) is 11.9. The van der Waals surface area contributed by atoms with E-state index in [1.54, 1.807) is 44.3 Å². The quantitative estimate of drug-likeness (QED) is 0.448. The summed E-state index contributed by atoms with van der Waals surface area (Å²) in [4.78, 5) is 18.5. The van der Waals surface area contributed by atoms with Crippen LogP contribution in [0.3, 0.4) is 0 Å². The van der Waals surface area contributed by atoms with Gasteiger partial charge in [0.2, 0.25) is 0 Å². The largest absolute Gasteiger partial charge is 0.346 e. The van der Waals surface area contributed by atoms with Gasteiger partial charge in [-0.3, -0.25) is 9.78 Å². The molecule has 0 bridgehead atoms. The van der Waals surface area contributed by atoms with Gasteiger partial charge in [0.15, 0.2) is 0 Å². The fraction of sp³-hybridized carbons (Fsp3) is 0.250. The molecule has 162 valence electrons. The summed E-state index contributed by atoms with van der Waals surface area (Å²) < 4.78 is 29.6. The number of aromatic nitrogens is 1. The summed E-state index contributed by atoms with van der Waals surface area (Å²) in [5, 5.41) is 3.01. The maximum Gasteiger partial charge on any atom is 0.290 e. The maximum atomic E-state index is 14.8. The molecule has 0 aliphatic rings. The van der Waals surface area contributed by atoms with Crippen LogP contribution in [0.1, 0.15) is 38.3 Å². The molecule has 1 amide bonds. The minimum Gasteiger partial charge on any atom is -0.346 e. The molecular weight excluding hydrogens is 438 g/mol. The number of nitrogens with one attached hydrogen (secondary N) is 1. The van der Waals surface area contributed by atoms with Crippen LogP contribution >= 0.6 is 23.4 Å². The van der Waals surface area contributed by atoms with Crippen LogP contribution in [0.5, 0.6) is 0 Å². The van der Waals surface area contributed by atoms with Gasteiger partial charge in [0.1, 0.15) is 0 Å². The van der Waals surface area contributed by atoms with Crippen LogP contribution < -0.4 is 5.32 Å². The number of nitrogens with zero attached hydrogens (tertiary/aromatic N) is 1. The van der Waals surface area contributed by atoms with E-state index in [9.17, 15) is 13.6 Å². The van der Waals surface area contributed by atoms with E-state index < -0.39 is 18.4 Å². The van der Waals surface area contributed by atoms with Gasteiger partial charge in [-0.1, -0.05) is 53.2 Å². The number of rotatable bonds is 6. The first-order chi connectivity index (χ1) is 14.6. The van der Waals surface area contributed by atoms with E-state index >= 15 is 0 Å². The van der Waals surface area contributed by atoms with E-state index in [-0.39, 0.29) is 5.56 Å². The zero-order valence-electron chi connectivity index (χ0n) is 17.7. The number of halogens is 3. The summed E-state index contributed by atoms with van der Waals surface area (Å²) in [6.45, 7) is 6.35. The molecule has 0 aliphatic carbocycles. The van der Waals surface area contributed by atoms with Crippen LogP contribution in [-0.2, 0) is 5.92 Å². The fourth-order valence-corrected chi connectivity index (χ4v) is 4.35. The van der Waals surface area contributed by atoms with Crippen molar-refractivity contribution in [3.63, 3.8) is 0 Å². The molecule has 0 atom stereocenters. The SMILES string of the molecule is Cc1ccc(C(F)(F)CNC(=O)c2cc(C)ncc2Sc2ccc(C)c(Cl)c2)c(C)c1. The van der Waals surface area contributed by atoms with E-state index in [2.05, 4.69) is 10.3 Å². The van der Waals surface area contributed by atoms with Gasteiger partial charge >= 0.3 is 0 Å². The molecule has 7 heteroatoms. The van der Waals surface area contributed by atoms with Crippen LogP contribution in [0, 0.1) is 27.7 Å². The molecule has 0 unspecified atom stereocenters. The molecule has 1 aromatic heterocycles. The second-order valence-corrected chi connectivity index (χ2v) is 9.06. The van der Waals surface area contributed by atoms with Crippen molar-refractivity contribution in [2.45, 2.75) is 43.4 Å². The van der Waals surface area contributed by atoms with E-state index in [1.165, 1.54) is 17.8 Å². The number of amides is 1. The van der Waals surface area contributed by atoms with Crippen molar-refractivity contribution >= 4 is 29.3 Å². The molecule has 3 rings (SSSR count). The molecule has 3 nitrogen and oxygen atoms in total. The molecule has 0 radical (unpaired) electrons. The average molecular weight is 461 g/mol. The zero-order chi connectivity index (χ0) is 22.8. The highest BCUT2D eigenvalue weighted by atomic mass is 35.5. The van der Waals surface area contributed by atoms with E-state index in [0.717, 1.165) is 16.0 Å². The first kappa shape index (κ1) is 23.2. The number of benzene rings is 2. The van der Waals surface area contributed by atoms with Gasteiger partial charge in [0.05, 0.1) is 12.1 Å². The first-order valence-electron chi connectivity index (χ1n) is 9.71. The molecule has 31 heavy (non-hydrogen) atoms. The Balaban J connectivity index is 1.81. The van der Waals surface area contributed by atoms with Gasteiger partial charge in [-0.2, -0.15) is 8.78 Å². The molecule has 0 saturated heterocycles. The Hall–Kier alpha value is -2.44. The standard InChI is InChI=1S/C24H23ClF2N2OS/c1-14-5-8-20(16(3)9-14)24(26,27)13-29-23(30)19-10-17(4)28-12-22(19)31-18-7-6-15(2)21(25)11-18/h5-12H,13H2,1-4H3,(H,29,30). The zero-order valence-corrected chi connectivity index (χ0v) is 19.3. The normalized spacial score (nSPS) is 11.5. The molecule has 0 saturated carbocycles. The topological polar surface area (TPSA) is 42.0 Å². The van der Waals surface area contributed by atoms with Crippen LogP contribution in [-0.4, -0.2) is 17.4 Å². The third-order valence-corrected chi connectivity index (χ3v) is 6.31. The van der Waals surface area contributed by atoms with Gasteiger partial charge in [-0.15, -0.1) is 0 Å². The van der Waals surface area contributed by atoms with E-state index in [4.69, 9.17) is 11.6 Å². The highest BCUT2D eigenvalue weighted by molar-refractivity contribution is 7.99. The predicted molar refractivity (Wildman–Crippen MR) is 121 cm³/mol. The number of carbonyl (C=O) groups is 1. The van der Waals surface area contributed by atoms with E-state index in [0.29, 0.717) is 26.7 Å². The monoisotopic (exact) mass is 460 g/mol. The van der Waals surface area contributed by atoms with Crippen molar-refractivity contribution in [3.05, 3.63) is 87.2 Å². The second-order valence-electron chi connectivity index (χ2n) is 7.54. The lowest BCUT2D eigenvalue weighted by molar-refractivity contribution is -0.00310. The second kappa shape index (κ2) is 9.37. The fourth-order valence-electron chi connectivity index (χ4n) is 3.18. The average Bonchev–Trinajstić information content (AvgIpc) is 2.70. The molecule has 0 spiro atoms. The van der Waals surface area contributed by atoms with Crippen molar-refractivity contribution in [1.82, 2.24) is 10.3 Å². The highest BCUT2D eigenvalue weighted by Gasteiger charge is 2.34. The first-order valence-corrected chi connectivity index (χ1v) is 10.9. The molecular formula is C24H23ClF2N2OS. The Kier molecular flexibility index (Phi) is 7.02. The molecule has 3 aromatic rings. The molecule has 0 aliphatic heterocycles. The Labute approximate surface area is 190 Å². The number of pyridine rings is 1. The number of aryl methyl sites for hydroxylation is 4. The highest BCUT2D eigenvalue weighted by Crippen LogP contribution is 2.34. The van der Waals surface area contributed by atoms with Gasteiger partial charge in [0, 0.05) is 32.3 Å². The maximum absolute atomic E-state index is 14.8. The van der Waals surface area contributed by atoms with Crippen molar-refractivity contribution in [2.24, 2.45) is 0 Å². The van der Waals surface area contributed by atoms with Crippen LogP contribution in [0.2, 0.25) is 5.02 Å². The Bertz CT molecular complexity index is 1130. The third kappa shape index (κ3) is 5.63. The summed E-state index contributed by atoms with van der Waals surface area (Å²) in [5.74, 6) is -3.76. The van der Waals surface area contributed by atoms with Crippen molar-refractivity contribution in [1.29, 1.82) is 0 Å². The van der Waals surface area contributed by atoms with Gasteiger partial charge in [0.25, 0.3) is 11.8 Å². The van der Waals surface area contributed by atoms with Crippen LogP contribution in [0.15, 0.2) is 58.5 Å². The lowest BCUT2D eigenvalue weighted by Crippen LogP contribution is -2.35. The van der Waals surface area contributed by atoms with Crippen molar-refractivity contribution in [3.8, 4) is 0 Å². The lowest BCUT2D eigenvalue weighted by atomic mass is 10.00. The van der Waals surface area contributed by atoms with E-state index in [1.807, 2.05) is 26.0 Å². The minimum atomic E-state index is -3.19. The smallest absolute Gasteiger partial charge is 0.290 e. The Morgan fingerprint density at radius 2 is 1.81 bits per heavy atom. The molecule has 1 heterocycles. The number of alkyl halides is 2. The van der Waals surface area contributed by atoms with Gasteiger partial charge in [-0.05, 0) is 57.0 Å². The Morgan fingerprint density at radius 1 is 1.06 bits per heavy atom. The lowest BCUT2D eigenvalue weighted by Gasteiger charge is -2.20. The predicted octanol–water partition coefficient (Wildman–Crippen LogP) is 6.64.